The molecule has 1 aromatic carbocycles. The third kappa shape index (κ3) is 2.24. The lowest BCUT2D eigenvalue weighted by atomic mass is 10.0. The molecule has 78 valence electrons. The maximum atomic E-state index is 12.0. The lowest BCUT2D eigenvalue weighted by Gasteiger charge is -2.03. The number of carbonyl (C=O) groups is 1. The van der Waals surface area contributed by atoms with Gasteiger partial charge in [0.25, 0.3) is 0 Å². The van der Waals surface area contributed by atoms with Crippen LogP contribution in [0.2, 0.25) is 5.02 Å². The number of halogens is 2. The summed E-state index contributed by atoms with van der Waals surface area (Å²) in [6, 6.07) is 5.23. The van der Waals surface area contributed by atoms with Gasteiger partial charge in [-0.3, -0.25) is 4.79 Å². The quantitative estimate of drug-likeness (QED) is 0.777. The summed E-state index contributed by atoms with van der Waals surface area (Å²) in [4.78, 5) is 12.0. The SMILES string of the molecule is O=C(C1=COCC1)c1cc(Br)ccc1Cl. The summed E-state index contributed by atoms with van der Waals surface area (Å²) in [5.74, 6) is -0.0567. The Balaban J connectivity index is 2.36. The van der Waals surface area contributed by atoms with E-state index < -0.39 is 0 Å². The van der Waals surface area contributed by atoms with Gasteiger partial charge >= 0.3 is 0 Å². The van der Waals surface area contributed by atoms with Gasteiger partial charge in [-0.15, -0.1) is 0 Å². The second-order valence-electron chi connectivity index (χ2n) is 3.22. The Morgan fingerprint density at radius 2 is 2.27 bits per heavy atom. The van der Waals surface area contributed by atoms with Crippen molar-refractivity contribution in [3.63, 3.8) is 0 Å². The monoisotopic (exact) mass is 286 g/mol. The summed E-state index contributed by atoms with van der Waals surface area (Å²) >= 11 is 9.27. The summed E-state index contributed by atoms with van der Waals surface area (Å²) in [5.41, 5.74) is 1.19. The Bertz CT molecular complexity index is 440. The summed E-state index contributed by atoms with van der Waals surface area (Å²) < 4.78 is 5.87. The molecule has 1 aliphatic rings. The molecule has 0 saturated carbocycles. The average Bonchev–Trinajstić information content (AvgIpc) is 2.74. The Labute approximate surface area is 101 Å². The third-order valence-corrected chi connectivity index (χ3v) is 3.00. The van der Waals surface area contributed by atoms with Gasteiger partial charge in [-0.1, -0.05) is 27.5 Å². The molecule has 2 rings (SSSR count). The second-order valence-corrected chi connectivity index (χ2v) is 4.54. The van der Waals surface area contributed by atoms with Gasteiger partial charge in [-0.2, -0.15) is 0 Å². The van der Waals surface area contributed by atoms with Crippen LogP contribution in [-0.2, 0) is 4.74 Å². The molecule has 1 heterocycles. The first kappa shape index (κ1) is 10.7. The van der Waals surface area contributed by atoms with Gasteiger partial charge in [0.2, 0.25) is 0 Å². The maximum Gasteiger partial charge on any atom is 0.193 e. The van der Waals surface area contributed by atoms with Crippen molar-refractivity contribution in [2.24, 2.45) is 0 Å². The van der Waals surface area contributed by atoms with Gasteiger partial charge in [0.05, 0.1) is 17.9 Å². The van der Waals surface area contributed by atoms with Crippen LogP contribution in [0, 0.1) is 0 Å². The highest BCUT2D eigenvalue weighted by molar-refractivity contribution is 9.10. The van der Waals surface area contributed by atoms with Crippen molar-refractivity contribution in [1.82, 2.24) is 0 Å². The first-order valence-electron chi connectivity index (χ1n) is 4.49. The van der Waals surface area contributed by atoms with E-state index >= 15 is 0 Å². The van der Waals surface area contributed by atoms with Crippen LogP contribution in [0.4, 0.5) is 0 Å². The smallest absolute Gasteiger partial charge is 0.193 e. The Kier molecular flexibility index (Phi) is 3.12. The van der Waals surface area contributed by atoms with Crippen molar-refractivity contribution in [3.8, 4) is 0 Å². The predicted octanol–water partition coefficient (Wildman–Crippen LogP) is 3.59. The lowest BCUT2D eigenvalue weighted by Crippen LogP contribution is -2.02. The number of hydrogen-bond acceptors (Lipinski definition) is 2. The predicted molar refractivity (Wildman–Crippen MR) is 62.1 cm³/mol. The molecule has 15 heavy (non-hydrogen) atoms. The minimum Gasteiger partial charge on any atom is -0.500 e. The Morgan fingerprint density at radius 3 is 2.93 bits per heavy atom. The molecule has 0 aromatic heterocycles. The van der Waals surface area contributed by atoms with Crippen LogP contribution < -0.4 is 0 Å². The standard InChI is InChI=1S/C11H8BrClO2/c12-8-1-2-10(13)9(5-8)11(14)7-3-4-15-6-7/h1-2,5-6H,3-4H2. The zero-order chi connectivity index (χ0) is 10.8. The highest BCUT2D eigenvalue weighted by atomic mass is 79.9. The Morgan fingerprint density at radius 1 is 1.47 bits per heavy atom. The van der Waals surface area contributed by atoms with E-state index in [4.69, 9.17) is 16.3 Å². The molecule has 0 unspecified atom stereocenters. The first-order chi connectivity index (χ1) is 7.18. The number of Topliss-reactive ketones (excluding diaryl/α,β-unsaturated/α-hetero) is 1. The number of benzene rings is 1. The molecule has 0 radical (unpaired) electrons. The Hall–Kier alpha value is -0.800. The molecule has 1 aromatic rings. The van der Waals surface area contributed by atoms with Crippen LogP contribution in [0.1, 0.15) is 16.8 Å². The molecular weight excluding hydrogens is 279 g/mol. The van der Waals surface area contributed by atoms with Crippen molar-refractivity contribution in [1.29, 1.82) is 0 Å². The fraction of sp³-hybridized carbons (Fsp3) is 0.182. The number of ketones is 1. The molecule has 0 fully saturated rings. The molecule has 0 spiro atoms. The van der Waals surface area contributed by atoms with Crippen LogP contribution in [0.5, 0.6) is 0 Å². The summed E-state index contributed by atoms with van der Waals surface area (Å²) in [6.07, 6.45) is 2.17. The normalized spacial score (nSPS) is 14.7. The van der Waals surface area contributed by atoms with Crippen LogP contribution in [0.3, 0.4) is 0 Å². The van der Waals surface area contributed by atoms with E-state index in [2.05, 4.69) is 15.9 Å². The van der Waals surface area contributed by atoms with Gasteiger partial charge in [0.15, 0.2) is 5.78 Å². The zero-order valence-corrected chi connectivity index (χ0v) is 10.1. The van der Waals surface area contributed by atoms with Crippen molar-refractivity contribution >= 4 is 33.3 Å². The van der Waals surface area contributed by atoms with Crippen molar-refractivity contribution in [3.05, 3.63) is 45.1 Å². The van der Waals surface area contributed by atoms with E-state index in [1.165, 1.54) is 6.26 Å². The van der Waals surface area contributed by atoms with Gasteiger partial charge in [-0.25, -0.2) is 0 Å². The number of hydrogen-bond donors (Lipinski definition) is 0. The van der Waals surface area contributed by atoms with Crippen LogP contribution >= 0.6 is 27.5 Å². The highest BCUT2D eigenvalue weighted by Crippen LogP contribution is 2.25. The highest BCUT2D eigenvalue weighted by Gasteiger charge is 2.18. The van der Waals surface area contributed by atoms with E-state index in [1.807, 2.05) is 0 Å². The second kappa shape index (κ2) is 4.37. The van der Waals surface area contributed by atoms with Crippen molar-refractivity contribution < 1.29 is 9.53 Å². The molecule has 4 heteroatoms. The van der Waals surface area contributed by atoms with Crippen LogP contribution in [-0.4, -0.2) is 12.4 Å². The first-order valence-corrected chi connectivity index (χ1v) is 5.66. The molecule has 0 N–H and O–H groups in total. The van der Waals surface area contributed by atoms with E-state index in [1.54, 1.807) is 18.2 Å². The van der Waals surface area contributed by atoms with Crippen molar-refractivity contribution in [2.75, 3.05) is 6.61 Å². The molecular formula is C11H8BrClO2. The van der Waals surface area contributed by atoms with E-state index in [-0.39, 0.29) is 5.78 Å². The molecule has 2 nitrogen and oxygen atoms in total. The number of rotatable bonds is 2. The molecule has 0 bridgehead atoms. The minimum absolute atomic E-state index is 0.0567. The fourth-order valence-corrected chi connectivity index (χ4v) is 1.96. The third-order valence-electron chi connectivity index (χ3n) is 2.18. The minimum atomic E-state index is -0.0567. The van der Waals surface area contributed by atoms with Gasteiger partial charge < -0.3 is 4.74 Å². The average molecular weight is 288 g/mol. The molecule has 0 atom stereocenters. The van der Waals surface area contributed by atoms with Gasteiger partial charge in [-0.05, 0) is 18.2 Å². The van der Waals surface area contributed by atoms with Gasteiger partial charge in [0.1, 0.15) is 0 Å². The summed E-state index contributed by atoms with van der Waals surface area (Å²) in [5, 5.41) is 0.469. The topological polar surface area (TPSA) is 26.3 Å². The zero-order valence-electron chi connectivity index (χ0n) is 7.80. The number of ether oxygens (including phenoxy) is 1. The molecule has 0 saturated heterocycles. The van der Waals surface area contributed by atoms with Gasteiger partial charge in [0, 0.05) is 22.0 Å². The van der Waals surface area contributed by atoms with Crippen molar-refractivity contribution in [2.45, 2.75) is 6.42 Å². The number of carbonyl (C=O) groups excluding carboxylic acids is 1. The van der Waals surface area contributed by atoms with Crippen LogP contribution in [0.25, 0.3) is 0 Å². The fourth-order valence-electron chi connectivity index (χ4n) is 1.40. The lowest BCUT2D eigenvalue weighted by molar-refractivity contribution is 0.103. The summed E-state index contributed by atoms with van der Waals surface area (Å²) in [6.45, 7) is 0.576. The molecule has 1 aliphatic heterocycles. The summed E-state index contributed by atoms with van der Waals surface area (Å²) in [7, 11) is 0. The molecule has 0 aliphatic carbocycles. The van der Waals surface area contributed by atoms with Crippen LogP contribution in [0.15, 0.2) is 34.5 Å². The molecule has 0 amide bonds. The van der Waals surface area contributed by atoms with E-state index in [0.717, 1.165) is 4.47 Å². The largest absolute Gasteiger partial charge is 0.500 e. The maximum absolute atomic E-state index is 12.0. The van der Waals surface area contributed by atoms with E-state index in [9.17, 15) is 4.79 Å². The van der Waals surface area contributed by atoms with E-state index in [0.29, 0.717) is 29.2 Å².